The number of hydrogen-bond donors (Lipinski definition) is 3. The number of likely N-dealkylation sites (tertiary alicyclic amines) is 1. The number of rotatable bonds is 8. The third kappa shape index (κ3) is 7.13. The second-order valence-electron chi connectivity index (χ2n) is 11.8. The molecule has 10 heteroatoms. The van der Waals surface area contributed by atoms with Crippen LogP contribution in [0.3, 0.4) is 0 Å². The Bertz CT molecular complexity index is 1740. The van der Waals surface area contributed by atoms with Gasteiger partial charge in [0.05, 0.1) is 6.67 Å². The summed E-state index contributed by atoms with van der Waals surface area (Å²) in [5, 5.41) is 11.4. The average molecular weight is 640 g/mol. The van der Waals surface area contributed by atoms with Crippen molar-refractivity contribution in [2.75, 3.05) is 26.3 Å². The first-order chi connectivity index (χ1) is 22.4. The number of hydrogen-bond acceptors (Lipinski definition) is 6. The molecule has 1 aliphatic heterocycles. The van der Waals surface area contributed by atoms with Crippen LogP contribution in [0, 0.1) is 6.92 Å². The van der Waals surface area contributed by atoms with Crippen molar-refractivity contribution in [3.8, 4) is 11.5 Å². The van der Waals surface area contributed by atoms with Crippen molar-refractivity contribution in [1.82, 2.24) is 25.3 Å². The molecular weight excluding hydrogens is 601 g/mol. The summed E-state index contributed by atoms with van der Waals surface area (Å²) in [4.78, 5) is 19.4. The number of nitrogens with one attached hydrogen (secondary N) is 2. The van der Waals surface area contributed by atoms with E-state index in [2.05, 4.69) is 32.9 Å². The van der Waals surface area contributed by atoms with Gasteiger partial charge in [-0.1, -0.05) is 30.3 Å². The molecule has 1 aliphatic carbocycles. The van der Waals surface area contributed by atoms with Crippen LogP contribution in [0.1, 0.15) is 63.9 Å². The van der Waals surface area contributed by atoms with E-state index in [4.69, 9.17) is 17.0 Å². The Kier molecular flexibility index (Phi) is 9.75. The van der Waals surface area contributed by atoms with Crippen LogP contribution in [0.15, 0.2) is 79.4 Å². The number of amides is 1. The lowest BCUT2D eigenvalue weighted by Gasteiger charge is -2.19. The zero-order valence-electron chi connectivity index (χ0n) is 25.8. The number of aromatic nitrogens is 2. The Balaban J connectivity index is 1.29. The lowest BCUT2D eigenvalue weighted by atomic mass is 9.87. The number of carbonyl (C=O) groups is 1. The minimum Gasteiger partial charge on any atom is -0.507 e. The number of halogens is 1. The van der Waals surface area contributed by atoms with E-state index in [1.54, 1.807) is 29.4 Å². The molecular formula is C36H38FN5O3S. The summed E-state index contributed by atoms with van der Waals surface area (Å²) in [7, 11) is 0. The topological polar surface area (TPSA) is 91.7 Å². The Labute approximate surface area is 273 Å². The number of phenolic OH excluding ortho intramolecular Hbond substituents is 1. The monoisotopic (exact) mass is 639 g/mol. The van der Waals surface area contributed by atoms with E-state index >= 15 is 0 Å². The third-order valence-electron chi connectivity index (χ3n) is 8.59. The minimum absolute atomic E-state index is 0.0803. The molecule has 3 N–H and O–H groups in total. The van der Waals surface area contributed by atoms with Crippen molar-refractivity contribution >= 4 is 34.4 Å². The van der Waals surface area contributed by atoms with E-state index in [0.29, 0.717) is 17.1 Å². The van der Waals surface area contributed by atoms with Gasteiger partial charge in [-0.15, -0.1) is 0 Å². The summed E-state index contributed by atoms with van der Waals surface area (Å²) >= 11 is 5.32. The number of hydrazine groups is 1. The number of thiocarbonyl (C=S) groups is 1. The number of phenols is 1. The van der Waals surface area contributed by atoms with Crippen LogP contribution in [-0.4, -0.2) is 63.0 Å². The van der Waals surface area contributed by atoms with Gasteiger partial charge in [-0.05, 0) is 115 Å². The van der Waals surface area contributed by atoms with Gasteiger partial charge in [-0.3, -0.25) is 29.5 Å². The average Bonchev–Trinajstić information content (AvgIpc) is 3.72. The molecule has 0 bridgehead atoms. The molecule has 1 fully saturated rings. The number of allylic oxidation sites excluding steroid dienone is 1. The largest absolute Gasteiger partial charge is 0.507 e. The highest BCUT2D eigenvalue weighted by atomic mass is 32.1. The summed E-state index contributed by atoms with van der Waals surface area (Å²) < 4.78 is 20.5. The fourth-order valence-electron chi connectivity index (χ4n) is 6.32. The molecule has 3 aromatic carbocycles. The smallest absolute Gasteiger partial charge is 0.269 e. The Hall–Kier alpha value is -4.54. The number of aryl methyl sites for hydroxylation is 2. The molecule has 2 aliphatic rings. The predicted molar refractivity (Wildman–Crippen MR) is 181 cm³/mol. The molecule has 6 rings (SSSR count). The number of imidazole rings is 1. The van der Waals surface area contributed by atoms with Crippen molar-refractivity contribution in [1.29, 1.82) is 0 Å². The van der Waals surface area contributed by atoms with Crippen LogP contribution >= 0.6 is 12.2 Å². The molecule has 1 amide bonds. The van der Waals surface area contributed by atoms with Gasteiger partial charge >= 0.3 is 0 Å². The minimum atomic E-state index is -0.298. The van der Waals surface area contributed by atoms with Crippen molar-refractivity contribution in [3.63, 3.8) is 0 Å². The number of nitrogens with zero attached hydrogens (tertiary/aromatic N) is 3. The van der Waals surface area contributed by atoms with Gasteiger partial charge in [0.2, 0.25) is 0 Å². The highest BCUT2D eigenvalue weighted by Gasteiger charge is 2.25. The first-order valence-corrected chi connectivity index (χ1v) is 16.1. The molecule has 0 spiro atoms. The van der Waals surface area contributed by atoms with Gasteiger partial charge in [-0.2, -0.15) is 0 Å². The van der Waals surface area contributed by atoms with Gasteiger partial charge < -0.3 is 9.84 Å². The molecule has 0 radical (unpaired) electrons. The highest BCUT2D eigenvalue weighted by Crippen LogP contribution is 2.43. The summed E-state index contributed by atoms with van der Waals surface area (Å²) in [6.07, 6.45) is 8.81. The Morgan fingerprint density at radius 2 is 1.91 bits per heavy atom. The van der Waals surface area contributed by atoms with E-state index in [1.807, 2.05) is 49.4 Å². The van der Waals surface area contributed by atoms with Crippen molar-refractivity contribution in [2.45, 2.75) is 45.1 Å². The lowest BCUT2D eigenvalue weighted by Crippen LogP contribution is -2.43. The molecule has 238 valence electrons. The number of carbonyl (C=O) groups excluding carboxylic acids is 1. The summed E-state index contributed by atoms with van der Waals surface area (Å²) in [6.45, 7) is 4.16. The molecule has 1 aromatic heterocycles. The van der Waals surface area contributed by atoms with Crippen LogP contribution in [0.25, 0.3) is 11.1 Å². The van der Waals surface area contributed by atoms with Crippen LogP contribution in [-0.2, 0) is 6.42 Å². The number of ether oxygens (including phenoxy) is 1. The van der Waals surface area contributed by atoms with Crippen LogP contribution in [0.4, 0.5) is 4.39 Å². The first-order valence-electron chi connectivity index (χ1n) is 15.7. The molecule has 1 atom stereocenters. The van der Waals surface area contributed by atoms with E-state index in [0.717, 1.165) is 90.0 Å². The van der Waals surface area contributed by atoms with Gasteiger partial charge in [0.25, 0.3) is 5.91 Å². The lowest BCUT2D eigenvalue weighted by molar-refractivity contribution is 0.0943. The maximum absolute atomic E-state index is 13.1. The standard InChI is InChI=1S/C36H38FN5O3S/c1-24-6-12-31(33(43)20-24)32-5-2-4-26-21-27(35(44)39-40-36(46)42-19-16-38-23-42)9-13-30(26)34(32)25-7-10-28(11-8-25)45-29-14-18-41(22-29)17-3-15-37/h6-13,16,19-21,23,29,43H,2-5,14-15,17-18,22H2,1H3,(H,39,44)(H,40,46). The third-order valence-corrected chi connectivity index (χ3v) is 8.91. The number of aromatic hydroxyl groups is 1. The molecule has 4 aromatic rings. The summed E-state index contributed by atoms with van der Waals surface area (Å²) in [5.41, 5.74) is 13.0. The fraction of sp³-hybridized carbons (Fsp3) is 0.306. The van der Waals surface area contributed by atoms with Gasteiger partial charge in [0, 0.05) is 43.2 Å². The second-order valence-corrected chi connectivity index (χ2v) is 12.2. The van der Waals surface area contributed by atoms with Crippen molar-refractivity contribution in [2.24, 2.45) is 0 Å². The Morgan fingerprint density at radius 1 is 1.09 bits per heavy atom. The number of benzene rings is 3. The Morgan fingerprint density at radius 3 is 2.67 bits per heavy atom. The van der Waals surface area contributed by atoms with Gasteiger partial charge in [0.15, 0.2) is 5.11 Å². The first kappa shape index (κ1) is 31.4. The molecule has 2 heterocycles. The van der Waals surface area contributed by atoms with E-state index in [-0.39, 0.29) is 24.4 Å². The van der Waals surface area contributed by atoms with Crippen molar-refractivity contribution in [3.05, 3.63) is 113 Å². The normalized spacial score (nSPS) is 16.5. The molecule has 1 unspecified atom stereocenters. The van der Waals surface area contributed by atoms with E-state index in [9.17, 15) is 14.3 Å². The zero-order valence-corrected chi connectivity index (χ0v) is 26.7. The zero-order chi connectivity index (χ0) is 32.0. The van der Waals surface area contributed by atoms with Crippen LogP contribution < -0.4 is 15.6 Å². The fourth-order valence-corrected chi connectivity index (χ4v) is 6.48. The van der Waals surface area contributed by atoms with Gasteiger partial charge in [-0.25, -0.2) is 4.98 Å². The summed E-state index contributed by atoms with van der Waals surface area (Å²) in [5.74, 6) is 0.752. The quantitative estimate of drug-likeness (QED) is 0.159. The SMILES string of the molecule is Cc1ccc(C2=C(c3ccc(OC4CCN(CCCF)C4)cc3)c3ccc(C(=O)NNC(=S)n4ccnc4)cc3CCC2)c(O)c1. The predicted octanol–water partition coefficient (Wildman–Crippen LogP) is 6.07. The maximum Gasteiger partial charge on any atom is 0.269 e. The highest BCUT2D eigenvalue weighted by molar-refractivity contribution is 7.80. The second kappa shape index (κ2) is 14.3. The molecule has 8 nitrogen and oxygen atoms in total. The van der Waals surface area contributed by atoms with Gasteiger partial charge in [0.1, 0.15) is 23.9 Å². The maximum atomic E-state index is 13.1. The van der Waals surface area contributed by atoms with E-state index < -0.39 is 0 Å². The van der Waals surface area contributed by atoms with Crippen molar-refractivity contribution < 1.29 is 19.0 Å². The van der Waals surface area contributed by atoms with Crippen LogP contribution in [0.5, 0.6) is 11.5 Å². The number of alkyl halides is 1. The summed E-state index contributed by atoms with van der Waals surface area (Å²) in [6, 6.07) is 19.7. The van der Waals surface area contributed by atoms with Crippen LogP contribution in [0.2, 0.25) is 0 Å². The molecule has 0 saturated carbocycles. The molecule has 46 heavy (non-hydrogen) atoms. The molecule has 1 saturated heterocycles. The van der Waals surface area contributed by atoms with E-state index in [1.165, 1.54) is 0 Å². The number of fused-ring (bicyclic) bond motifs is 1.